The number of likely N-dealkylation sites (N-methyl/N-ethyl adjacent to an activating group) is 1. The van der Waals surface area contributed by atoms with Crippen molar-refractivity contribution in [2.24, 2.45) is 5.84 Å². The first-order valence-corrected chi connectivity index (χ1v) is 6.55. The minimum absolute atomic E-state index is 0.202. The van der Waals surface area contributed by atoms with Crippen molar-refractivity contribution in [1.82, 2.24) is 15.2 Å². The smallest absolute Gasteiger partial charge is 0.251 e. The number of hydrogen-bond acceptors (Lipinski definition) is 6. The minimum atomic E-state index is -0.248. The summed E-state index contributed by atoms with van der Waals surface area (Å²) in [4.78, 5) is 17.8. The molecule has 112 valence electrons. The molecule has 0 saturated heterocycles. The lowest BCUT2D eigenvalue weighted by molar-refractivity contribution is 0.0900. The molecule has 0 saturated carbocycles. The molecule has 7 nitrogen and oxygen atoms in total. The highest BCUT2D eigenvalue weighted by Gasteiger charge is 2.08. The van der Waals surface area contributed by atoms with Crippen LogP contribution in [0.5, 0.6) is 0 Å². The van der Waals surface area contributed by atoms with Crippen LogP contribution in [0, 0.1) is 0 Å². The van der Waals surface area contributed by atoms with E-state index in [1.165, 1.54) is 12.1 Å². The van der Waals surface area contributed by atoms with E-state index in [4.69, 9.17) is 22.2 Å². The molecule has 0 unspecified atom stereocenters. The summed E-state index contributed by atoms with van der Waals surface area (Å²) in [5, 5.41) is 2.93. The average molecular weight is 302 g/mol. The number of nitrogens with one attached hydrogen (secondary N) is 2. The van der Waals surface area contributed by atoms with E-state index in [9.17, 15) is 4.79 Å². The fraction of sp³-hybridized carbons (Fsp3) is 0.500. The minimum Gasteiger partial charge on any atom is -0.378 e. The van der Waals surface area contributed by atoms with E-state index in [0.29, 0.717) is 31.1 Å². The van der Waals surface area contributed by atoms with Gasteiger partial charge < -0.3 is 20.4 Å². The number of hydrazine groups is 1. The van der Waals surface area contributed by atoms with Crippen LogP contribution in [0.15, 0.2) is 12.1 Å². The highest BCUT2D eigenvalue weighted by Crippen LogP contribution is 2.13. The third-order valence-electron chi connectivity index (χ3n) is 2.42. The van der Waals surface area contributed by atoms with Crippen LogP contribution in [0.4, 0.5) is 5.82 Å². The zero-order valence-corrected chi connectivity index (χ0v) is 12.4. The van der Waals surface area contributed by atoms with Crippen molar-refractivity contribution in [2.45, 2.75) is 0 Å². The number of aromatic nitrogens is 1. The van der Waals surface area contributed by atoms with Crippen LogP contribution >= 0.6 is 11.6 Å². The van der Waals surface area contributed by atoms with Crippen molar-refractivity contribution in [3.63, 3.8) is 0 Å². The van der Waals surface area contributed by atoms with Gasteiger partial charge in [-0.3, -0.25) is 4.79 Å². The Morgan fingerprint density at radius 3 is 2.85 bits per heavy atom. The summed E-state index contributed by atoms with van der Waals surface area (Å²) in [7, 11) is 3.95. The van der Waals surface area contributed by atoms with E-state index in [0.717, 1.165) is 6.54 Å². The number of anilines is 1. The summed E-state index contributed by atoms with van der Waals surface area (Å²) in [6.45, 7) is 2.36. The molecule has 1 amide bonds. The lowest BCUT2D eigenvalue weighted by Gasteiger charge is -2.10. The quantitative estimate of drug-likeness (QED) is 0.277. The molecular weight excluding hydrogens is 282 g/mol. The van der Waals surface area contributed by atoms with Gasteiger partial charge in [0.25, 0.3) is 5.91 Å². The van der Waals surface area contributed by atoms with E-state index >= 15 is 0 Å². The molecule has 0 spiro atoms. The van der Waals surface area contributed by atoms with E-state index in [1.54, 1.807) is 0 Å². The molecular formula is C12H20ClN5O2. The molecule has 0 atom stereocenters. The molecule has 0 radical (unpaired) electrons. The number of nitrogen functional groups attached to an aromatic ring is 1. The molecule has 4 N–H and O–H groups in total. The number of rotatable bonds is 8. The van der Waals surface area contributed by atoms with Gasteiger partial charge in [0.15, 0.2) is 0 Å². The van der Waals surface area contributed by atoms with E-state index in [2.05, 4.69) is 15.7 Å². The Labute approximate surface area is 123 Å². The van der Waals surface area contributed by atoms with Gasteiger partial charge in [0.1, 0.15) is 11.0 Å². The second-order valence-electron chi connectivity index (χ2n) is 4.38. The summed E-state index contributed by atoms with van der Waals surface area (Å²) in [6, 6.07) is 3.00. The van der Waals surface area contributed by atoms with Crippen molar-refractivity contribution < 1.29 is 9.53 Å². The average Bonchev–Trinajstić information content (AvgIpc) is 2.41. The van der Waals surface area contributed by atoms with Crippen molar-refractivity contribution >= 4 is 23.3 Å². The van der Waals surface area contributed by atoms with E-state index in [-0.39, 0.29) is 11.1 Å². The molecule has 8 heteroatoms. The Bertz CT molecular complexity index is 442. The first kappa shape index (κ1) is 16.6. The highest BCUT2D eigenvalue weighted by molar-refractivity contribution is 6.29. The standard InChI is InChI=1S/C12H20ClN5O2/c1-18(2)4-6-20-5-3-15-12(19)9-7-10(13)16-11(8-9)17-14/h7-8H,3-6,14H2,1-2H3,(H,15,19)(H,16,17). The lowest BCUT2D eigenvalue weighted by Crippen LogP contribution is -2.28. The number of carbonyl (C=O) groups excluding carboxylic acids is 1. The van der Waals surface area contributed by atoms with Gasteiger partial charge in [-0.05, 0) is 26.2 Å². The maximum absolute atomic E-state index is 11.9. The summed E-state index contributed by atoms with van der Waals surface area (Å²) in [5.41, 5.74) is 2.75. The number of carbonyl (C=O) groups is 1. The fourth-order valence-corrected chi connectivity index (χ4v) is 1.60. The maximum atomic E-state index is 11.9. The van der Waals surface area contributed by atoms with E-state index in [1.807, 2.05) is 19.0 Å². The highest BCUT2D eigenvalue weighted by atomic mass is 35.5. The number of nitrogens with two attached hydrogens (primary N) is 1. The number of pyridine rings is 1. The molecule has 0 aliphatic rings. The number of halogens is 1. The lowest BCUT2D eigenvalue weighted by atomic mass is 10.2. The third kappa shape index (κ3) is 6.16. The Kier molecular flexibility index (Phi) is 7.24. The summed E-state index contributed by atoms with van der Waals surface area (Å²) >= 11 is 5.79. The van der Waals surface area contributed by atoms with Gasteiger partial charge in [-0.25, -0.2) is 10.8 Å². The Hall–Kier alpha value is -1.41. The second-order valence-corrected chi connectivity index (χ2v) is 4.77. The molecule has 0 fully saturated rings. The number of ether oxygens (including phenoxy) is 1. The van der Waals surface area contributed by atoms with Gasteiger partial charge in [0.05, 0.1) is 13.2 Å². The fourth-order valence-electron chi connectivity index (χ4n) is 1.39. The van der Waals surface area contributed by atoms with Gasteiger partial charge in [0, 0.05) is 18.7 Å². The van der Waals surface area contributed by atoms with Crippen LogP contribution in [0.3, 0.4) is 0 Å². The van der Waals surface area contributed by atoms with Crippen molar-refractivity contribution in [1.29, 1.82) is 0 Å². The molecule has 1 aromatic rings. The van der Waals surface area contributed by atoms with Gasteiger partial charge in [-0.2, -0.15) is 0 Å². The largest absolute Gasteiger partial charge is 0.378 e. The van der Waals surface area contributed by atoms with E-state index < -0.39 is 0 Å². The van der Waals surface area contributed by atoms with Crippen molar-refractivity contribution in [3.05, 3.63) is 22.8 Å². The molecule has 0 aromatic carbocycles. The molecule has 1 aromatic heterocycles. The molecule has 0 aliphatic heterocycles. The molecule has 1 heterocycles. The molecule has 0 bridgehead atoms. The van der Waals surface area contributed by atoms with Gasteiger partial charge in [-0.15, -0.1) is 0 Å². The van der Waals surface area contributed by atoms with Crippen LogP contribution < -0.4 is 16.6 Å². The van der Waals surface area contributed by atoms with Crippen LogP contribution in [0.1, 0.15) is 10.4 Å². The number of nitrogens with zero attached hydrogens (tertiary/aromatic N) is 2. The Balaban J connectivity index is 2.34. The summed E-state index contributed by atoms with van der Waals surface area (Å²) < 4.78 is 5.37. The zero-order valence-electron chi connectivity index (χ0n) is 11.6. The van der Waals surface area contributed by atoms with Crippen LogP contribution in [-0.2, 0) is 4.74 Å². The normalized spacial score (nSPS) is 10.7. The van der Waals surface area contributed by atoms with Gasteiger partial charge in [0.2, 0.25) is 0 Å². The van der Waals surface area contributed by atoms with Crippen molar-refractivity contribution in [3.8, 4) is 0 Å². The molecule has 0 aliphatic carbocycles. The first-order chi connectivity index (χ1) is 9.52. The van der Waals surface area contributed by atoms with Crippen LogP contribution in [0.2, 0.25) is 5.15 Å². The maximum Gasteiger partial charge on any atom is 0.251 e. The zero-order chi connectivity index (χ0) is 15.0. The summed E-state index contributed by atoms with van der Waals surface area (Å²) in [5.74, 6) is 5.33. The number of hydrogen-bond donors (Lipinski definition) is 3. The Morgan fingerprint density at radius 1 is 1.45 bits per heavy atom. The molecule has 1 rings (SSSR count). The van der Waals surface area contributed by atoms with Gasteiger partial charge in [-0.1, -0.05) is 11.6 Å². The van der Waals surface area contributed by atoms with Crippen molar-refractivity contribution in [2.75, 3.05) is 45.8 Å². The summed E-state index contributed by atoms with van der Waals surface area (Å²) in [6.07, 6.45) is 0. The number of amides is 1. The predicted octanol–water partition coefficient (Wildman–Crippen LogP) is 0.329. The monoisotopic (exact) mass is 301 g/mol. The second kappa shape index (κ2) is 8.70. The van der Waals surface area contributed by atoms with Crippen LogP contribution in [0.25, 0.3) is 0 Å². The Morgan fingerprint density at radius 2 is 2.20 bits per heavy atom. The topological polar surface area (TPSA) is 92.5 Å². The third-order valence-corrected chi connectivity index (χ3v) is 2.61. The first-order valence-electron chi connectivity index (χ1n) is 6.18. The van der Waals surface area contributed by atoms with Gasteiger partial charge >= 0.3 is 0 Å². The van der Waals surface area contributed by atoms with Crippen LogP contribution in [-0.4, -0.2) is 56.2 Å². The molecule has 20 heavy (non-hydrogen) atoms. The predicted molar refractivity (Wildman–Crippen MR) is 78.8 cm³/mol. The SMILES string of the molecule is CN(C)CCOCCNC(=O)c1cc(Cl)nc(NN)c1.